The molecule has 0 radical (unpaired) electrons. The Kier molecular flexibility index (Phi) is 4.80. The lowest BCUT2D eigenvalue weighted by Crippen LogP contribution is -2.40. The first-order valence-corrected chi connectivity index (χ1v) is 6.79. The molecule has 2 aromatic carbocycles. The molecule has 112 valence electrons. The van der Waals surface area contributed by atoms with Crippen LogP contribution in [0.4, 0.5) is 11.4 Å². The minimum atomic E-state index is -0.611. The number of nitrogens with zero attached hydrogens (tertiary/aromatic N) is 2. The average molecular weight is 315 g/mol. The molecule has 0 bridgehead atoms. The predicted octanol–water partition coefficient (Wildman–Crippen LogP) is 2.75. The summed E-state index contributed by atoms with van der Waals surface area (Å²) < 4.78 is 0. The molecule has 0 aromatic heterocycles. The van der Waals surface area contributed by atoms with Crippen LogP contribution in [-0.4, -0.2) is 23.0 Å². The number of nitrogens with one attached hydrogen (secondary N) is 1. The Hall–Kier alpha value is -2.80. The quantitative estimate of drug-likeness (QED) is 0.535. The molecule has 0 saturated heterocycles. The zero-order valence-corrected chi connectivity index (χ0v) is 12.5. The van der Waals surface area contributed by atoms with Crippen LogP contribution in [0.3, 0.4) is 0 Å². The van der Waals surface area contributed by atoms with Crippen molar-refractivity contribution in [3.8, 4) is 0 Å². The van der Waals surface area contributed by atoms with Crippen LogP contribution < -0.4 is 10.2 Å². The van der Waals surface area contributed by atoms with Gasteiger partial charge < -0.3 is 4.90 Å². The Balaban J connectivity index is 2.16. The van der Waals surface area contributed by atoms with Gasteiger partial charge in [0.1, 0.15) is 5.56 Å². The van der Waals surface area contributed by atoms with Gasteiger partial charge in [0.2, 0.25) is 0 Å². The van der Waals surface area contributed by atoms with Crippen LogP contribution in [0.1, 0.15) is 10.4 Å². The summed E-state index contributed by atoms with van der Waals surface area (Å²) in [6, 6.07) is 15.0. The number of carbonyl (C=O) groups is 1. The summed E-state index contributed by atoms with van der Waals surface area (Å²) in [5.41, 5.74) is 0.511. The molecule has 0 heterocycles. The van der Waals surface area contributed by atoms with Crippen molar-refractivity contribution in [2.24, 2.45) is 0 Å². The minimum Gasteiger partial charge on any atom is -0.322 e. The van der Waals surface area contributed by atoms with Gasteiger partial charge in [-0.25, -0.2) is 0 Å². The zero-order valence-electron chi connectivity index (χ0n) is 11.7. The van der Waals surface area contributed by atoms with Crippen molar-refractivity contribution in [3.05, 3.63) is 70.3 Å². The number of amides is 1. The lowest BCUT2D eigenvalue weighted by molar-refractivity contribution is -0.385. The van der Waals surface area contributed by atoms with Gasteiger partial charge in [0, 0.05) is 18.8 Å². The maximum Gasteiger partial charge on any atom is 0.282 e. The van der Waals surface area contributed by atoms with Crippen LogP contribution in [0.5, 0.6) is 0 Å². The second-order valence-electron chi connectivity index (χ2n) is 4.43. The minimum absolute atomic E-state index is 0.0312. The van der Waals surface area contributed by atoms with E-state index in [1.54, 1.807) is 18.0 Å². The molecule has 6 nitrogen and oxygen atoms in total. The molecule has 0 fully saturated rings. The number of carbonyl (C=O) groups excluding carboxylic acids is 1. The Morgan fingerprint density at radius 2 is 1.73 bits per heavy atom. The van der Waals surface area contributed by atoms with Gasteiger partial charge in [-0.3, -0.25) is 20.2 Å². The summed E-state index contributed by atoms with van der Waals surface area (Å²) in [7, 11) is 1.71. The number of hydrogen-bond acceptors (Lipinski definition) is 4. The average Bonchev–Trinajstić information content (AvgIpc) is 2.54. The largest absolute Gasteiger partial charge is 0.322 e. The van der Waals surface area contributed by atoms with Crippen molar-refractivity contribution in [3.63, 3.8) is 0 Å². The second kappa shape index (κ2) is 6.77. The fourth-order valence-electron chi connectivity index (χ4n) is 1.84. The van der Waals surface area contributed by atoms with Crippen LogP contribution in [0.25, 0.3) is 0 Å². The lowest BCUT2D eigenvalue weighted by atomic mass is 10.1. The van der Waals surface area contributed by atoms with Gasteiger partial charge in [-0.15, -0.1) is 0 Å². The Morgan fingerprint density at radius 1 is 1.14 bits per heavy atom. The van der Waals surface area contributed by atoms with E-state index in [0.717, 1.165) is 5.69 Å². The van der Waals surface area contributed by atoms with E-state index in [1.165, 1.54) is 18.2 Å². The van der Waals surface area contributed by atoms with E-state index in [2.05, 4.69) is 5.32 Å². The number of anilines is 1. The van der Waals surface area contributed by atoms with E-state index >= 15 is 0 Å². The molecule has 22 heavy (non-hydrogen) atoms. The Bertz CT molecular complexity index is 719. The summed E-state index contributed by atoms with van der Waals surface area (Å²) in [5, 5.41) is 13.6. The van der Waals surface area contributed by atoms with Crippen LogP contribution >= 0.6 is 12.2 Å². The molecule has 0 aliphatic heterocycles. The molecule has 2 aromatic rings. The van der Waals surface area contributed by atoms with E-state index in [-0.39, 0.29) is 16.4 Å². The van der Waals surface area contributed by atoms with E-state index < -0.39 is 10.8 Å². The molecule has 7 heteroatoms. The first-order valence-electron chi connectivity index (χ1n) is 6.38. The molecule has 0 aliphatic carbocycles. The number of hydrogen-bond donors (Lipinski definition) is 1. The molecule has 0 spiro atoms. The van der Waals surface area contributed by atoms with E-state index in [9.17, 15) is 14.9 Å². The number of rotatable bonds is 3. The van der Waals surface area contributed by atoms with Gasteiger partial charge >= 0.3 is 0 Å². The topological polar surface area (TPSA) is 75.5 Å². The number of para-hydroxylation sites is 2. The first-order chi connectivity index (χ1) is 10.5. The maximum atomic E-state index is 12.2. The van der Waals surface area contributed by atoms with Crippen molar-refractivity contribution < 1.29 is 9.72 Å². The predicted molar refractivity (Wildman–Crippen MR) is 88.0 cm³/mol. The molecule has 0 saturated carbocycles. The Labute approximate surface area is 132 Å². The summed E-state index contributed by atoms with van der Waals surface area (Å²) in [5.74, 6) is -0.611. The smallest absolute Gasteiger partial charge is 0.282 e. The van der Waals surface area contributed by atoms with E-state index in [0.29, 0.717) is 0 Å². The van der Waals surface area contributed by atoms with Gasteiger partial charge in [0.25, 0.3) is 11.6 Å². The van der Waals surface area contributed by atoms with Gasteiger partial charge in [0.15, 0.2) is 5.11 Å². The number of benzene rings is 2. The summed E-state index contributed by atoms with van der Waals surface area (Å²) in [6.45, 7) is 0. The third-order valence-electron chi connectivity index (χ3n) is 3.01. The molecular formula is C15H13N3O3S. The van der Waals surface area contributed by atoms with Crippen LogP contribution in [0, 0.1) is 10.1 Å². The van der Waals surface area contributed by atoms with Crippen LogP contribution in [-0.2, 0) is 0 Å². The van der Waals surface area contributed by atoms with Crippen molar-refractivity contribution in [1.29, 1.82) is 0 Å². The third-order valence-corrected chi connectivity index (χ3v) is 3.39. The summed E-state index contributed by atoms with van der Waals surface area (Å²) in [6.07, 6.45) is 0. The molecule has 1 N–H and O–H groups in total. The monoisotopic (exact) mass is 315 g/mol. The summed E-state index contributed by atoms with van der Waals surface area (Å²) in [4.78, 5) is 24.2. The van der Waals surface area contributed by atoms with Crippen molar-refractivity contribution >= 4 is 34.6 Å². The van der Waals surface area contributed by atoms with Gasteiger partial charge in [-0.1, -0.05) is 30.3 Å². The maximum absolute atomic E-state index is 12.2. The summed E-state index contributed by atoms with van der Waals surface area (Å²) >= 11 is 5.17. The lowest BCUT2D eigenvalue weighted by Gasteiger charge is -2.20. The van der Waals surface area contributed by atoms with Gasteiger partial charge in [-0.2, -0.15) is 0 Å². The number of nitro benzene ring substituents is 1. The molecule has 1 amide bonds. The fourth-order valence-corrected chi connectivity index (χ4v) is 2.04. The highest BCUT2D eigenvalue weighted by Gasteiger charge is 2.20. The normalized spacial score (nSPS) is 9.86. The second-order valence-corrected chi connectivity index (χ2v) is 4.81. The highest BCUT2D eigenvalue weighted by molar-refractivity contribution is 7.80. The molecule has 0 atom stereocenters. The third kappa shape index (κ3) is 3.44. The molecule has 0 aliphatic rings. The fraction of sp³-hybridized carbons (Fsp3) is 0.0667. The molecule has 0 unspecified atom stereocenters. The Morgan fingerprint density at radius 3 is 2.36 bits per heavy atom. The highest BCUT2D eigenvalue weighted by atomic mass is 32.1. The van der Waals surface area contributed by atoms with Crippen molar-refractivity contribution in [1.82, 2.24) is 5.32 Å². The highest BCUT2D eigenvalue weighted by Crippen LogP contribution is 2.18. The zero-order chi connectivity index (χ0) is 16.1. The first kappa shape index (κ1) is 15.6. The van der Waals surface area contributed by atoms with E-state index in [1.807, 2.05) is 30.3 Å². The van der Waals surface area contributed by atoms with Crippen molar-refractivity contribution in [2.45, 2.75) is 0 Å². The van der Waals surface area contributed by atoms with Crippen LogP contribution in [0.15, 0.2) is 54.6 Å². The standard InChI is InChI=1S/C15H13N3O3S/c1-17(11-7-3-2-4-8-11)15(22)16-14(19)12-9-5-6-10-13(12)18(20)21/h2-10H,1H3,(H,16,19,22). The molecular weight excluding hydrogens is 302 g/mol. The van der Waals surface area contributed by atoms with Crippen LogP contribution in [0.2, 0.25) is 0 Å². The SMILES string of the molecule is CN(C(=S)NC(=O)c1ccccc1[N+](=O)[O-])c1ccccc1. The van der Waals surface area contributed by atoms with E-state index in [4.69, 9.17) is 12.2 Å². The van der Waals surface area contributed by atoms with Gasteiger partial charge in [0.05, 0.1) is 4.92 Å². The number of nitro groups is 1. The van der Waals surface area contributed by atoms with Crippen molar-refractivity contribution in [2.75, 3.05) is 11.9 Å². The van der Waals surface area contributed by atoms with Gasteiger partial charge in [-0.05, 0) is 30.4 Å². The number of thiocarbonyl (C=S) groups is 1. The molecule has 2 rings (SSSR count).